The van der Waals surface area contributed by atoms with Crippen molar-refractivity contribution in [3.63, 3.8) is 0 Å². The number of halogens is 1. The van der Waals surface area contributed by atoms with Gasteiger partial charge in [0.2, 0.25) is 0 Å². The highest BCUT2D eigenvalue weighted by Gasteiger charge is 2.38. The average molecular weight is 292 g/mol. The fourth-order valence-corrected chi connectivity index (χ4v) is 2.64. The topological polar surface area (TPSA) is 69.6 Å². The molecule has 18 heavy (non-hydrogen) atoms. The van der Waals surface area contributed by atoms with Crippen LogP contribution in [0.5, 0.6) is 0 Å². The van der Waals surface area contributed by atoms with E-state index in [1.54, 1.807) is 0 Å². The summed E-state index contributed by atoms with van der Waals surface area (Å²) in [7, 11) is 1.88. The second kappa shape index (κ2) is 6.47. The number of nitrogens with zero attached hydrogens (tertiary/aromatic N) is 2. The second-order valence-corrected chi connectivity index (χ2v) is 5.18. The SMILES string of the molecule is Cl.Cn1ccsc1=NC(=O)C1(CN)CCOCC1. The molecule has 1 fully saturated rings. The number of aromatic nitrogens is 1. The molecule has 0 radical (unpaired) electrons. The van der Waals surface area contributed by atoms with Gasteiger partial charge in [-0.1, -0.05) is 0 Å². The zero-order valence-electron chi connectivity index (χ0n) is 10.3. The van der Waals surface area contributed by atoms with Crippen LogP contribution in [0.15, 0.2) is 16.6 Å². The maximum atomic E-state index is 12.3. The van der Waals surface area contributed by atoms with Crippen LogP contribution in [-0.4, -0.2) is 30.2 Å². The number of hydrogen-bond acceptors (Lipinski definition) is 4. The van der Waals surface area contributed by atoms with Gasteiger partial charge in [-0.15, -0.1) is 23.7 Å². The highest BCUT2D eigenvalue weighted by atomic mass is 35.5. The molecule has 7 heteroatoms. The lowest BCUT2D eigenvalue weighted by atomic mass is 9.79. The summed E-state index contributed by atoms with van der Waals surface area (Å²) in [6.07, 6.45) is 3.22. The lowest BCUT2D eigenvalue weighted by molar-refractivity contribution is -0.132. The van der Waals surface area contributed by atoms with Crippen LogP contribution in [-0.2, 0) is 16.6 Å². The highest BCUT2D eigenvalue weighted by molar-refractivity contribution is 7.07. The summed E-state index contributed by atoms with van der Waals surface area (Å²) in [5.41, 5.74) is 5.25. The monoisotopic (exact) mass is 291 g/mol. The minimum absolute atomic E-state index is 0. The zero-order chi connectivity index (χ0) is 12.3. The number of carbonyl (C=O) groups is 1. The Morgan fingerprint density at radius 3 is 2.78 bits per heavy atom. The van der Waals surface area contributed by atoms with Gasteiger partial charge in [-0.2, -0.15) is 4.99 Å². The summed E-state index contributed by atoms with van der Waals surface area (Å²) in [6.45, 7) is 1.53. The molecule has 1 aromatic rings. The molecule has 2 N–H and O–H groups in total. The van der Waals surface area contributed by atoms with Gasteiger partial charge in [-0.05, 0) is 12.8 Å². The Balaban J connectivity index is 0.00000162. The number of ether oxygens (including phenoxy) is 1. The summed E-state index contributed by atoms with van der Waals surface area (Å²) >= 11 is 1.45. The van der Waals surface area contributed by atoms with Crippen LogP contribution < -0.4 is 10.5 Å². The maximum absolute atomic E-state index is 12.3. The first kappa shape index (κ1) is 15.4. The first-order valence-corrected chi connectivity index (χ1v) is 6.53. The fourth-order valence-electron chi connectivity index (χ4n) is 1.91. The number of hydrogen-bond donors (Lipinski definition) is 1. The molecule has 5 nitrogen and oxygen atoms in total. The fraction of sp³-hybridized carbons (Fsp3) is 0.636. The van der Waals surface area contributed by atoms with Gasteiger partial charge >= 0.3 is 0 Å². The summed E-state index contributed by atoms with van der Waals surface area (Å²) in [5, 5.41) is 1.91. The van der Waals surface area contributed by atoms with Crippen LogP contribution in [0.1, 0.15) is 12.8 Å². The Kier molecular flexibility index (Phi) is 5.52. The normalized spacial score (nSPS) is 19.3. The number of rotatable bonds is 2. The molecule has 2 rings (SSSR count). The van der Waals surface area contributed by atoms with Crippen molar-refractivity contribution in [2.45, 2.75) is 12.8 Å². The Morgan fingerprint density at radius 2 is 2.28 bits per heavy atom. The third-order valence-corrected chi connectivity index (χ3v) is 4.10. The van der Waals surface area contributed by atoms with E-state index >= 15 is 0 Å². The Morgan fingerprint density at radius 1 is 1.61 bits per heavy atom. The third-order valence-electron chi connectivity index (χ3n) is 3.25. The van der Waals surface area contributed by atoms with Crippen LogP contribution in [0.3, 0.4) is 0 Å². The predicted molar refractivity (Wildman–Crippen MR) is 72.6 cm³/mol. The minimum atomic E-state index is -0.519. The molecule has 0 atom stereocenters. The number of aryl methyl sites for hydroxylation is 1. The Bertz CT molecular complexity index is 463. The first-order chi connectivity index (χ1) is 8.18. The first-order valence-electron chi connectivity index (χ1n) is 5.65. The predicted octanol–water partition coefficient (Wildman–Crippen LogP) is 0.691. The van der Waals surface area contributed by atoms with Crippen molar-refractivity contribution in [2.24, 2.45) is 23.2 Å². The quantitative estimate of drug-likeness (QED) is 0.872. The van der Waals surface area contributed by atoms with Gasteiger partial charge in [-0.25, -0.2) is 0 Å². The van der Waals surface area contributed by atoms with E-state index in [1.807, 2.05) is 23.2 Å². The maximum Gasteiger partial charge on any atom is 0.256 e. The molecule has 0 aromatic carbocycles. The van der Waals surface area contributed by atoms with E-state index < -0.39 is 5.41 Å². The van der Waals surface area contributed by atoms with Gasteiger partial charge in [0.05, 0.1) is 5.41 Å². The van der Waals surface area contributed by atoms with E-state index in [0.717, 1.165) is 0 Å². The lowest BCUT2D eigenvalue weighted by Crippen LogP contribution is -2.43. The molecule has 1 aromatic heterocycles. The van der Waals surface area contributed by atoms with Crippen LogP contribution in [0, 0.1) is 5.41 Å². The molecule has 1 amide bonds. The molecule has 0 saturated carbocycles. The lowest BCUT2D eigenvalue weighted by Gasteiger charge is -2.32. The molecular formula is C11H18ClN3O2S. The van der Waals surface area contributed by atoms with Gasteiger partial charge in [-0.3, -0.25) is 4.79 Å². The van der Waals surface area contributed by atoms with Crippen molar-refractivity contribution in [1.82, 2.24) is 4.57 Å². The molecule has 2 heterocycles. The standard InChI is InChI=1S/C11H17N3O2S.ClH/c1-14-4-7-17-10(14)13-9(15)11(8-12)2-5-16-6-3-11;/h4,7H,2-3,5-6,8,12H2,1H3;1H. The van der Waals surface area contributed by atoms with Gasteiger partial charge in [0, 0.05) is 38.4 Å². The van der Waals surface area contributed by atoms with E-state index in [4.69, 9.17) is 10.5 Å². The Hall–Kier alpha value is -0.690. The van der Waals surface area contributed by atoms with E-state index in [1.165, 1.54) is 11.3 Å². The van der Waals surface area contributed by atoms with Crippen molar-refractivity contribution in [3.8, 4) is 0 Å². The van der Waals surface area contributed by atoms with Crippen molar-refractivity contribution >= 4 is 29.7 Å². The van der Waals surface area contributed by atoms with Gasteiger partial charge < -0.3 is 15.0 Å². The van der Waals surface area contributed by atoms with Gasteiger partial charge in [0.25, 0.3) is 5.91 Å². The molecular weight excluding hydrogens is 274 g/mol. The van der Waals surface area contributed by atoms with Crippen LogP contribution in [0.2, 0.25) is 0 Å². The smallest absolute Gasteiger partial charge is 0.256 e. The summed E-state index contributed by atoms with van der Waals surface area (Å²) in [5.74, 6) is -0.110. The molecule has 0 aliphatic carbocycles. The zero-order valence-corrected chi connectivity index (χ0v) is 11.9. The summed E-state index contributed by atoms with van der Waals surface area (Å²) in [4.78, 5) is 17.2. The second-order valence-electron chi connectivity index (χ2n) is 4.31. The van der Waals surface area contributed by atoms with E-state index in [0.29, 0.717) is 37.4 Å². The third kappa shape index (κ3) is 3.00. The van der Waals surface area contributed by atoms with Crippen molar-refractivity contribution in [2.75, 3.05) is 19.8 Å². The molecule has 0 unspecified atom stereocenters. The van der Waals surface area contributed by atoms with Gasteiger partial charge in [0.15, 0.2) is 4.80 Å². The number of nitrogens with two attached hydrogens (primary N) is 1. The number of carbonyl (C=O) groups excluding carboxylic acids is 1. The molecule has 102 valence electrons. The van der Waals surface area contributed by atoms with E-state index in [2.05, 4.69) is 4.99 Å². The highest BCUT2D eigenvalue weighted by Crippen LogP contribution is 2.30. The summed E-state index contributed by atoms with van der Waals surface area (Å²) < 4.78 is 7.12. The van der Waals surface area contributed by atoms with Crippen LogP contribution >= 0.6 is 23.7 Å². The largest absolute Gasteiger partial charge is 0.381 e. The number of amides is 1. The van der Waals surface area contributed by atoms with Crippen molar-refractivity contribution in [3.05, 3.63) is 16.4 Å². The molecule has 0 bridgehead atoms. The molecule has 0 spiro atoms. The van der Waals surface area contributed by atoms with E-state index in [9.17, 15) is 4.79 Å². The molecule has 1 aliphatic heterocycles. The summed E-state index contributed by atoms with van der Waals surface area (Å²) in [6, 6.07) is 0. The van der Waals surface area contributed by atoms with Crippen molar-refractivity contribution in [1.29, 1.82) is 0 Å². The molecule has 1 saturated heterocycles. The van der Waals surface area contributed by atoms with Crippen LogP contribution in [0.4, 0.5) is 0 Å². The van der Waals surface area contributed by atoms with Gasteiger partial charge in [0.1, 0.15) is 0 Å². The van der Waals surface area contributed by atoms with E-state index in [-0.39, 0.29) is 18.3 Å². The number of thiazole rings is 1. The minimum Gasteiger partial charge on any atom is -0.381 e. The van der Waals surface area contributed by atoms with Crippen LogP contribution in [0.25, 0.3) is 0 Å². The average Bonchev–Trinajstić information content (AvgIpc) is 2.76. The molecule has 1 aliphatic rings. The van der Waals surface area contributed by atoms with Crippen molar-refractivity contribution < 1.29 is 9.53 Å². The Labute approximate surface area is 116 Å².